The highest BCUT2D eigenvalue weighted by molar-refractivity contribution is 9.10. The standard InChI is InChI=1S/C12H15BrN4O/c13-9-5-15-6-10(14)12(9)16-3-4-17-8(7-16)1-2-11(17)18/h5-6,8H,1-4,7,14H2. The van der Waals surface area contributed by atoms with Gasteiger partial charge in [-0.3, -0.25) is 9.78 Å². The molecular formula is C12H15BrN4O. The van der Waals surface area contributed by atoms with Gasteiger partial charge in [0.1, 0.15) is 0 Å². The van der Waals surface area contributed by atoms with Gasteiger partial charge in [-0.15, -0.1) is 0 Å². The Morgan fingerprint density at radius 2 is 2.22 bits per heavy atom. The highest BCUT2D eigenvalue weighted by atomic mass is 79.9. The maximum absolute atomic E-state index is 11.6. The average Bonchev–Trinajstić information content (AvgIpc) is 2.71. The summed E-state index contributed by atoms with van der Waals surface area (Å²) in [6.07, 6.45) is 5.08. The molecule has 6 heteroatoms. The van der Waals surface area contributed by atoms with Crippen LogP contribution >= 0.6 is 15.9 Å². The second kappa shape index (κ2) is 4.42. The fourth-order valence-electron chi connectivity index (χ4n) is 2.84. The number of amides is 1. The molecule has 0 spiro atoms. The number of hydrogen-bond acceptors (Lipinski definition) is 4. The van der Waals surface area contributed by atoms with Crippen LogP contribution in [0.4, 0.5) is 11.4 Å². The molecule has 1 amide bonds. The molecule has 3 heterocycles. The van der Waals surface area contributed by atoms with Crippen LogP contribution in [0.15, 0.2) is 16.9 Å². The van der Waals surface area contributed by atoms with Crippen molar-refractivity contribution in [1.82, 2.24) is 9.88 Å². The number of carbonyl (C=O) groups excluding carboxylic acids is 1. The van der Waals surface area contributed by atoms with Crippen molar-refractivity contribution in [1.29, 1.82) is 0 Å². The number of aromatic nitrogens is 1. The van der Waals surface area contributed by atoms with Gasteiger partial charge >= 0.3 is 0 Å². The molecule has 3 rings (SSSR count). The number of nitrogens with zero attached hydrogens (tertiary/aromatic N) is 3. The zero-order valence-electron chi connectivity index (χ0n) is 9.97. The lowest BCUT2D eigenvalue weighted by Gasteiger charge is -2.39. The molecule has 0 aromatic carbocycles. The van der Waals surface area contributed by atoms with Crippen LogP contribution in [0, 0.1) is 0 Å². The van der Waals surface area contributed by atoms with Gasteiger partial charge in [-0.2, -0.15) is 0 Å². The average molecular weight is 311 g/mol. The molecule has 1 aromatic heterocycles. The Bertz CT molecular complexity index is 473. The van der Waals surface area contributed by atoms with Crippen molar-refractivity contribution in [2.45, 2.75) is 18.9 Å². The fraction of sp³-hybridized carbons (Fsp3) is 0.500. The summed E-state index contributed by atoms with van der Waals surface area (Å²) in [4.78, 5) is 20.0. The number of fused-ring (bicyclic) bond motifs is 1. The monoisotopic (exact) mass is 310 g/mol. The van der Waals surface area contributed by atoms with Gasteiger partial charge in [0.15, 0.2) is 0 Å². The van der Waals surface area contributed by atoms with Crippen LogP contribution in [0.5, 0.6) is 0 Å². The van der Waals surface area contributed by atoms with Crippen molar-refractivity contribution in [2.75, 3.05) is 30.3 Å². The van der Waals surface area contributed by atoms with Gasteiger partial charge in [-0.25, -0.2) is 0 Å². The Labute approximate surface area is 114 Å². The third kappa shape index (κ3) is 1.84. The third-order valence-corrected chi connectivity index (χ3v) is 4.29. The number of rotatable bonds is 1. The van der Waals surface area contributed by atoms with Crippen molar-refractivity contribution in [3.05, 3.63) is 16.9 Å². The van der Waals surface area contributed by atoms with Gasteiger partial charge in [0.05, 0.1) is 22.0 Å². The van der Waals surface area contributed by atoms with E-state index in [-0.39, 0.29) is 0 Å². The minimum absolute atomic E-state index is 0.293. The molecule has 0 bridgehead atoms. The Morgan fingerprint density at radius 1 is 1.39 bits per heavy atom. The molecule has 1 aromatic rings. The normalized spacial score (nSPS) is 23.4. The minimum Gasteiger partial charge on any atom is -0.396 e. The number of carbonyl (C=O) groups is 1. The molecule has 1 unspecified atom stereocenters. The van der Waals surface area contributed by atoms with Crippen LogP contribution in [0.1, 0.15) is 12.8 Å². The van der Waals surface area contributed by atoms with Crippen LogP contribution in [-0.2, 0) is 4.79 Å². The molecule has 2 saturated heterocycles. The summed E-state index contributed by atoms with van der Waals surface area (Å²) in [5, 5.41) is 0. The molecule has 0 aliphatic carbocycles. The number of piperazine rings is 1. The second-order valence-electron chi connectivity index (χ2n) is 4.78. The molecule has 1 atom stereocenters. The zero-order valence-corrected chi connectivity index (χ0v) is 11.6. The molecule has 2 fully saturated rings. The Kier molecular flexibility index (Phi) is 2.89. The van der Waals surface area contributed by atoms with E-state index in [1.807, 2.05) is 4.90 Å². The zero-order chi connectivity index (χ0) is 12.7. The topological polar surface area (TPSA) is 62.5 Å². The van der Waals surface area contributed by atoms with Crippen LogP contribution in [0.3, 0.4) is 0 Å². The predicted molar refractivity (Wildman–Crippen MR) is 73.3 cm³/mol. The summed E-state index contributed by atoms with van der Waals surface area (Å²) < 4.78 is 0.917. The van der Waals surface area contributed by atoms with Crippen molar-refractivity contribution >= 4 is 33.2 Å². The quantitative estimate of drug-likeness (QED) is 0.847. The molecular weight excluding hydrogens is 296 g/mol. The summed E-state index contributed by atoms with van der Waals surface area (Å²) >= 11 is 3.50. The summed E-state index contributed by atoms with van der Waals surface area (Å²) in [6, 6.07) is 0.339. The molecule has 5 nitrogen and oxygen atoms in total. The van der Waals surface area contributed by atoms with Gasteiger partial charge in [0, 0.05) is 38.3 Å². The predicted octanol–water partition coefficient (Wildman–Crippen LogP) is 1.24. The van der Waals surface area contributed by atoms with Gasteiger partial charge in [-0.1, -0.05) is 0 Å². The lowest BCUT2D eigenvalue weighted by atomic mass is 10.1. The van der Waals surface area contributed by atoms with E-state index < -0.39 is 0 Å². The van der Waals surface area contributed by atoms with Gasteiger partial charge in [0.2, 0.25) is 5.91 Å². The van der Waals surface area contributed by atoms with Crippen molar-refractivity contribution < 1.29 is 4.79 Å². The highest BCUT2D eigenvalue weighted by Gasteiger charge is 2.36. The van der Waals surface area contributed by atoms with E-state index in [1.54, 1.807) is 12.4 Å². The SMILES string of the molecule is Nc1cncc(Br)c1N1CCN2C(=O)CCC2C1. The number of pyridine rings is 1. The van der Waals surface area contributed by atoms with Crippen LogP contribution in [-0.4, -0.2) is 41.5 Å². The maximum Gasteiger partial charge on any atom is 0.223 e. The lowest BCUT2D eigenvalue weighted by Crippen LogP contribution is -2.51. The Morgan fingerprint density at radius 3 is 3.00 bits per heavy atom. The van der Waals surface area contributed by atoms with Crippen molar-refractivity contribution in [3.8, 4) is 0 Å². The largest absolute Gasteiger partial charge is 0.396 e. The van der Waals surface area contributed by atoms with Crippen molar-refractivity contribution in [3.63, 3.8) is 0 Å². The smallest absolute Gasteiger partial charge is 0.223 e. The molecule has 0 saturated carbocycles. The molecule has 0 radical (unpaired) electrons. The van der Waals surface area contributed by atoms with Gasteiger partial charge in [0.25, 0.3) is 0 Å². The van der Waals surface area contributed by atoms with E-state index in [0.29, 0.717) is 24.1 Å². The van der Waals surface area contributed by atoms with E-state index in [9.17, 15) is 4.79 Å². The van der Waals surface area contributed by atoms with Gasteiger partial charge < -0.3 is 15.5 Å². The van der Waals surface area contributed by atoms with E-state index in [1.165, 1.54) is 0 Å². The first-order valence-corrected chi connectivity index (χ1v) is 6.89. The summed E-state index contributed by atoms with van der Waals surface area (Å²) in [7, 11) is 0. The fourth-order valence-corrected chi connectivity index (χ4v) is 3.44. The first-order valence-electron chi connectivity index (χ1n) is 6.10. The number of nitrogen functional groups attached to an aromatic ring is 1. The summed E-state index contributed by atoms with van der Waals surface area (Å²) in [5.41, 5.74) is 7.69. The minimum atomic E-state index is 0.293. The number of hydrogen-bond donors (Lipinski definition) is 1. The molecule has 2 aliphatic heterocycles. The summed E-state index contributed by atoms with van der Waals surface area (Å²) in [6.45, 7) is 2.48. The molecule has 2 N–H and O–H groups in total. The molecule has 96 valence electrons. The van der Waals surface area contributed by atoms with E-state index in [0.717, 1.165) is 36.2 Å². The highest BCUT2D eigenvalue weighted by Crippen LogP contribution is 2.34. The van der Waals surface area contributed by atoms with E-state index in [4.69, 9.17) is 5.73 Å². The summed E-state index contributed by atoms with van der Waals surface area (Å²) in [5.74, 6) is 0.293. The molecule has 18 heavy (non-hydrogen) atoms. The lowest BCUT2D eigenvalue weighted by molar-refractivity contribution is -0.129. The van der Waals surface area contributed by atoms with Crippen molar-refractivity contribution in [2.24, 2.45) is 0 Å². The number of halogens is 1. The molecule has 2 aliphatic rings. The van der Waals surface area contributed by atoms with E-state index >= 15 is 0 Å². The van der Waals surface area contributed by atoms with Gasteiger partial charge in [-0.05, 0) is 22.4 Å². The van der Waals surface area contributed by atoms with E-state index in [2.05, 4.69) is 25.8 Å². The first kappa shape index (κ1) is 11.8. The Balaban J connectivity index is 1.85. The number of anilines is 2. The van der Waals surface area contributed by atoms with Crippen LogP contribution in [0.25, 0.3) is 0 Å². The van der Waals surface area contributed by atoms with Crippen LogP contribution in [0.2, 0.25) is 0 Å². The third-order valence-electron chi connectivity index (χ3n) is 3.71. The second-order valence-corrected chi connectivity index (χ2v) is 5.64. The maximum atomic E-state index is 11.6. The Hall–Kier alpha value is -1.30. The first-order chi connectivity index (χ1) is 8.66. The number of nitrogens with two attached hydrogens (primary N) is 1. The van der Waals surface area contributed by atoms with Crippen LogP contribution < -0.4 is 10.6 Å².